The maximum absolute atomic E-state index is 10.1. The molecule has 0 aliphatic heterocycles. The molecule has 0 unspecified atom stereocenters. The molecule has 6 heteroatoms. The van der Waals surface area contributed by atoms with Crippen LogP contribution in [0.1, 0.15) is 6.92 Å². The number of rotatable bonds is 2. The zero-order chi connectivity index (χ0) is 6.78. The SMILES string of the molecule is C[C@H](N)CS(=O)(=O)Cl.Cl. The van der Waals surface area contributed by atoms with Crippen molar-refractivity contribution in [2.24, 2.45) is 5.73 Å². The molecular formula is C3H9Cl2NO2S. The molecule has 3 nitrogen and oxygen atoms in total. The van der Waals surface area contributed by atoms with E-state index in [1.54, 1.807) is 6.92 Å². The molecular weight excluding hydrogens is 185 g/mol. The molecule has 9 heavy (non-hydrogen) atoms. The predicted octanol–water partition coefficient (Wildman–Crippen LogP) is 0.324. The molecule has 0 bridgehead atoms. The van der Waals surface area contributed by atoms with Gasteiger partial charge in [-0.2, -0.15) is 0 Å². The van der Waals surface area contributed by atoms with Crippen LogP contribution in [0.5, 0.6) is 0 Å². The van der Waals surface area contributed by atoms with Gasteiger partial charge in [-0.05, 0) is 6.92 Å². The Morgan fingerprint density at radius 2 is 2.00 bits per heavy atom. The van der Waals surface area contributed by atoms with E-state index in [1.807, 2.05) is 0 Å². The van der Waals surface area contributed by atoms with Gasteiger partial charge in [0.15, 0.2) is 0 Å². The molecule has 58 valence electrons. The van der Waals surface area contributed by atoms with Gasteiger partial charge < -0.3 is 5.73 Å². The monoisotopic (exact) mass is 193 g/mol. The molecule has 0 aliphatic rings. The van der Waals surface area contributed by atoms with Crippen molar-refractivity contribution in [1.29, 1.82) is 0 Å². The highest BCUT2D eigenvalue weighted by Gasteiger charge is 2.06. The molecule has 0 rings (SSSR count). The lowest BCUT2D eigenvalue weighted by atomic mass is 10.4. The molecule has 0 spiro atoms. The number of hydrogen-bond acceptors (Lipinski definition) is 3. The Hall–Kier alpha value is 0.490. The molecule has 2 N–H and O–H groups in total. The average molecular weight is 194 g/mol. The van der Waals surface area contributed by atoms with Crippen LogP contribution < -0.4 is 5.73 Å². The van der Waals surface area contributed by atoms with Crippen LogP contribution in [0.3, 0.4) is 0 Å². The highest BCUT2D eigenvalue weighted by Crippen LogP contribution is 1.96. The summed E-state index contributed by atoms with van der Waals surface area (Å²) in [5.74, 6) is -0.158. The van der Waals surface area contributed by atoms with E-state index in [2.05, 4.69) is 0 Å². The first kappa shape index (κ1) is 12.2. The van der Waals surface area contributed by atoms with Gasteiger partial charge in [0, 0.05) is 16.7 Å². The lowest BCUT2D eigenvalue weighted by Crippen LogP contribution is -2.23. The van der Waals surface area contributed by atoms with Crippen molar-refractivity contribution in [3.8, 4) is 0 Å². The summed E-state index contributed by atoms with van der Waals surface area (Å²) in [5, 5.41) is 0. The third-order valence-corrected chi connectivity index (χ3v) is 1.76. The number of halogens is 2. The van der Waals surface area contributed by atoms with Crippen LogP contribution in [-0.2, 0) is 9.05 Å². The maximum Gasteiger partial charge on any atom is 0.234 e. The largest absolute Gasteiger partial charge is 0.327 e. The van der Waals surface area contributed by atoms with Crippen molar-refractivity contribution in [2.45, 2.75) is 13.0 Å². The quantitative estimate of drug-likeness (QED) is 0.644. The van der Waals surface area contributed by atoms with Gasteiger partial charge in [-0.3, -0.25) is 0 Å². The lowest BCUT2D eigenvalue weighted by Gasteiger charge is -1.97. The van der Waals surface area contributed by atoms with Crippen LogP contribution >= 0.6 is 23.1 Å². The molecule has 1 atom stereocenters. The second-order valence-corrected chi connectivity index (χ2v) is 4.50. The van der Waals surface area contributed by atoms with E-state index < -0.39 is 9.05 Å². The van der Waals surface area contributed by atoms with Gasteiger partial charge in [0.05, 0.1) is 5.75 Å². The van der Waals surface area contributed by atoms with E-state index in [0.717, 1.165) is 0 Å². The van der Waals surface area contributed by atoms with Gasteiger partial charge in [0.2, 0.25) is 9.05 Å². The molecule has 0 aliphatic carbocycles. The van der Waals surface area contributed by atoms with E-state index in [4.69, 9.17) is 16.4 Å². The Morgan fingerprint density at radius 1 is 1.67 bits per heavy atom. The summed E-state index contributed by atoms with van der Waals surface area (Å²) < 4.78 is 20.3. The normalized spacial score (nSPS) is 14.1. The van der Waals surface area contributed by atoms with Crippen LogP contribution in [0.15, 0.2) is 0 Å². The van der Waals surface area contributed by atoms with E-state index in [9.17, 15) is 8.42 Å². The fourth-order valence-corrected chi connectivity index (χ4v) is 1.54. The first-order chi connectivity index (χ1) is 3.42. The Kier molecular flexibility index (Phi) is 5.86. The average Bonchev–Trinajstić information content (AvgIpc) is 1.21. The molecule has 0 saturated heterocycles. The summed E-state index contributed by atoms with van der Waals surface area (Å²) in [7, 11) is 1.44. The van der Waals surface area contributed by atoms with E-state index >= 15 is 0 Å². The Balaban J connectivity index is 0. The van der Waals surface area contributed by atoms with E-state index in [0.29, 0.717) is 0 Å². The Bertz CT molecular complexity index is 153. The summed E-state index contributed by atoms with van der Waals surface area (Å²) in [6, 6.07) is -0.377. The molecule has 0 aromatic heterocycles. The van der Waals surface area contributed by atoms with Gasteiger partial charge in [-0.15, -0.1) is 12.4 Å². The highest BCUT2D eigenvalue weighted by molar-refractivity contribution is 8.13. The van der Waals surface area contributed by atoms with Crippen molar-refractivity contribution in [3.63, 3.8) is 0 Å². The minimum absolute atomic E-state index is 0. The summed E-state index contributed by atoms with van der Waals surface area (Å²) in [6.07, 6.45) is 0. The van der Waals surface area contributed by atoms with Crippen LogP contribution in [0, 0.1) is 0 Å². The zero-order valence-electron chi connectivity index (χ0n) is 4.87. The van der Waals surface area contributed by atoms with Crippen molar-refractivity contribution in [1.82, 2.24) is 0 Å². The van der Waals surface area contributed by atoms with Crippen LogP contribution in [0.4, 0.5) is 0 Å². The molecule has 0 radical (unpaired) electrons. The second-order valence-electron chi connectivity index (χ2n) is 1.68. The second kappa shape index (κ2) is 4.33. The summed E-state index contributed by atoms with van der Waals surface area (Å²) in [6.45, 7) is 1.58. The smallest absolute Gasteiger partial charge is 0.234 e. The third-order valence-electron chi connectivity index (χ3n) is 0.462. The Labute approximate surface area is 65.4 Å². The molecule has 0 fully saturated rings. The third kappa shape index (κ3) is 11.9. The van der Waals surface area contributed by atoms with Crippen molar-refractivity contribution < 1.29 is 8.42 Å². The van der Waals surface area contributed by atoms with Crippen molar-refractivity contribution in [3.05, 3.63) is 0 Å². The fourth-order valence-electron chi connectivity index (χ4n) is 0.314. The minimum Gasteiger partial charge on any atom is -0.327 e. The topological polar surface area (TPSA) is 60.2 Å². The molecule has 0 saturated carbocycles. The fraction of sp³-hybridized carbons (Fsp3) is 1.00. The van der Waals surface area contributed by atoms with Gasteiger partial charge >= 0.3 is 0 Å². The van der Waals surface area contributed by atoms with Crippen LogP contribution in [-0.4, -0.2) is 20.2 Å². The molecule has 0 amide bonds. The van der Waals surface area contributed by atoms with Crippen LogP contribution in [0.2, 0.25) is 0 Å². The first-order valence-electron chi connectivity index (χ1n) is 2.10. The minimum atomic E-state index is -3.38. The number of nitrogens with two attached hydrogens (primary N) is 1. The van der Waals surface area contributed by atoms with E-state index in [-0.39, 0.29) is 24.2 Å². The standard InChI is InChI=1S/C3H8ClNO2S.ClH/c1-3(5)2-8(4,6)7;/h3H,2,5H2,1H3;1H/t3-;/m0./s1. The molecule has 0 aromatic carbocycles. The van der Waals surface area contributed by atoms with Crippen LogP contribution in [0.25, 0.3) is 0 Å². The maximum atomic E-state index is 10.1. The van der Waals surface area contributed by atoms with E-state index in [1.165, 1.54) is 0 Å². The van der Waals surface area contributed by atoms with Gasteiger partial charge in [-0.1, -0.05) is 0 Å². The van der Waals surface area contributed by atoms with Gasteiger partial charge in [0.25, 0.3) is 0 Å². The molecule has 0 heterocycles. The van der Waals surface area contributed by atoms with Gasteiger partial charge in [0.1, 0.15) is 0 Å². The summed E-state index contributed by atoms with van der Waals surface area (Å²) in [5.41, 5.74) is 5.11. The highest BCUT2D eigenvalue weighted by atomic mass is 35.7. The zero-order valence-corrected chi connectivity index (χ0v) is 7.26. The summed E-state index contributed by atoms with van der Waals surface area (Å²) in [4.78, 5) is 0. The number of hydrogen-bond donors (Lipinski definition) is 1. The van der Waals surface area contributed by atoms with Crippen molar-refractivity contribution in [2.75, 3.05) is 5.75 Å². The summed E-state index contributed by atoms with van der Waals surface area (Å²) >= 11 is 0. The molecule has 0 aromatic rings. The lowest BCUT2D eigenvalue weighted by molar-refractivity contribution is 0.604. The Morgan fingerprint density at radius 3 is 2.00 bits per heavy atom. The first-order valence-corrected chi connectivity index (χ1v) is 4.57. The van der Waals surface area contributed by atoms with Gasteiger partial charge in [-0.25, -0.2) is 8.42 Å². The predicted molar refractivity (Wildman–Crippen MR) is 40.5 cm³/mol. The van der Waals surface area contributed by atoms with Crippen molar-refractivity contribution >= 4 is 32.1 Å².